The van der Waals surface area contributed by atoms with E-state index < -0.39 is 29.3 Å². The van der Waals surface area contributed by atoms with Crippen molar-refractivity contribution in [1.29, 1.82) is 0 Å². The Kier molecular flexibility index (Phi) is 9.58. The van der Waals surface area contributed by atoms with Crippen molar-refractivity contribution in [2.24, 2.45) is 0 Å². The first-order valence-electron chi connectivity index (χ1n) is 12.3. The number of halogens is 1. The fourth-order valence-electron chi connectivity index (χ4n) is 3.91. The number of rotatable bonds is 10. The smallest absolute Gasteiger partial charge is 0.248 e. The predicted octanol–water partition coefficient (Wildman–Crippen LogP) is 5.06. The molecule has 0 aliphatic carbocycles. The molecule has 1 unspecified atom stereocenters. The lowest BCUT2D eigenvalue weighted by molar-refractivity contribution is -0.128. The Morgan fingerprint density at radius 2 is 1.77 bits per heavy atom. The topological polar surface area (TPSA) is 123 Å². The van der Waals surface area contributed by atoms with Crippen LogP contribution in [0.3, 0.4) is 0 Å². The number of hydrogen-bond donors (Lipinski definition) is 2. The molecule has 208 valence electrons. The van der Waals surface area contributed by atoms with E-state index in [4.69, 9.17) is 25.6 Å². The largest absolute Gasteiger partial charge is 0.497 e. The first-order chi connectivity index (χ1) is 18.4. The molecule has 0 radical (unpaired) electrons. The van der Waals surface area contributed by atoms with E-state index in [1.54, 1.807) is 55.5 Å². The van der Waals surface area contributed by atoms with E-state index in [-0.39, 0.29) is 18.7 Å². The van der Waals surface area contributed by atoms with Crippen LogP contribution in [0.25, 0.3) is 0 Å². The number of carbonyl (C=O) groups excluding carboxylic acids is 3. The lowest BCUT2D eigenvalue weighted by Crippen LogP contribution is -2.49. The van der Waals surface area contributed by atoms with Gasteiger partial charge >= 0.3 is 0 Å². The summed E-state index contributed by atoms with van der Waals surface area (Å²) in [6.07, 6.45) is -0.391. The second-order valence-corrected chi connectivity index (χ2v) is 10.2. The van der Waals surface area contributed by atoms with Crippen LogP contribution in [0.1, 0.15) is 51.0 Å². The molecule has 0 aliphatic rings. The molecule has 1 heterocycles. The highest BCUT2D eigenvalue weighted by Crippen LogP contribution is 2.39. The SMILES string of the molecule is COc1ccc(N(C(=O)CCC(=O)Nc2cc(C)on2)C(C(=O)NC(C)(C)C)c2ccccc2Cl)c(OC)c1. The molecule has 0 saturated carbocycles. The van der Waals surface area contributed by atoms with Crippen molar-refractivity contribution in [3.63, 3.8) is 0 Å². The number of aryl methyl sites for hydroxylation is 1. The summed E-state index contributed by atoms with van der Waals surface area (Å²) < 4.78 is 15.9. The van der Waals surface area contributed by atoms with Gasteiger partial charge in [-0.25, -0.2) is 0 Å². The third-order valence-corrected chi connectivity index (χ3v) is 5.93. The first kappa shape index (κ1) is 29.5. The lowest BCUT2D eigenvalue weighted by atomic mass is 10.00. The molecule has 0 fully saturated rings. The summed E-state index contributed by atoms with van der Waals surface area (Å²) in [7, 11) is 2.96. The lowest BCUT2D eigenvalue weighted by Gasteiger charge is -2.35. The molecule has 3 amide bonds. The van der Waals surface area contributed by atoms with E-state index in [0.717, 1.165) is 0 Å². The molecule has 3 rings (SSSR count). The van der Waals surface area contributed by atoms with Gasteiger partial charge in [0.05, 0.1) is 19.9 Å². The van der Waals surface area contributed by atoms with Gasteiger partial charge in [0, 0.05) is 41.1 Å². The van der Waals surface area contributed by atoms with Crippen molar-refractivity contribution in [3.05, 3.63) is 64.9 Å². The van der Waals surface area contributed by atoms with E-state index in [1.807, 2.05) is 20.8 Å². The van der Waals surface area contributed by atoms with E-state index >= 15 is 0 Å². The van der Waals surface area contributed by atoms with Gasteiger partial charge in [-0.15, -0.1) is 0 Å². The quantitative estimate of drug-likeness (QED) is 0.358. The standard InChI is InChI=1S/C28H33ClN4O6/c1-17-15-23(32-39-17)30-24(34)13-14-25(35)33(21-12-11-18(37-5)16-22(21)38-6)26(27(36)31-28(2,3)4)19-9-7-8-10-20(19)29/h7-12,15-16,26H,13-14H2,1-6H3,(H,31,36)(H,30,32,34). The summed E-state index contributed by atoms with van der Waals surface area (Å²) in [6.45, 7) is 7.21. The number of benzene rings is 2. The second-order valence-electron chi connectivity index (χ2n) is 9.84. The number of nitrogens with zero attached hydrogens (tertiary/aromatic N) is 2. The van der Waals surface area contributed by atoms with Crippen molar-refractivity contribution < 1.29 is 28.4 Å². The highest BCUT2D eigenvalue weighted by Gasteiger charge is 2.37. The number of amides is 3. The zero-order valence-electron chi connectivity index (χ0n) is 22.8. The Bertz CT molecular complexity index is 1330. The summed E-state index contributed by atoms with van der Waals surface area (Å²) in [5.74, 6) is 0.184. The molecule has 39 heavy (non-hydrogen) atoms. The number of anilines is 2. The second kappa shape index (κ2) is 12.7. The highest BCUT2D eigenvalue weighted by atomic mass is 35.5. The van der Waals surface area contributed by atoms with Gasteiger partial charge in [-0.05, 0) is 45.9 Å². The number of nitrogens with one attached hydrogen (secondary N) is 2. The fraction of sp³-hybridized carbons (Fsp3) is 0.357. The van der Waals surface area contributed by atoms with E-state index in [2.05, 4.69) is 15.8 Å². The van der Waals surface area contributed by atoms with Crippen molar-refractivity contribution in [1.82, 2.24) is 10.5 Å². The summed E-state index contributed by atoms with van der Waals surface area (Å²) in [6, 6.07) is 12.1. The Morgan fingerprint density at radius 1 is 1.05 bits per heavy atom. The first-order valence-corrected chi connectivity index (χ1v) is 12.6. The van der Waals surface area contributed by atoms with Crippen LogP contribution in [0.15, 0.2) is 53.1 Å². The molecule has 10 nitrogen and oxygen atoms in total. The third-order valence-electron chi connectivity index (χ3n) is 5.58. The minimum Gasteiger partial charge on any atom is -0.497 e. The number of hydrogen-bond acceptors (Lipinski definition) is 7. The van der Waals surface area contributed by atoms with E-state index in [1.165, 1.54) is 19.1 Å². The van der Waals surface area contributed by atoms with Gasteiger partial charge in [-0.3, -0.25) is 19.3 Å². The molecule has 1 aromatic heterocycles. The van der Waals surface area contributed by atoms with Crippen LogP contribution in [0.4, 0.5) is 11.5 Å². The van der Waals surface area contributed by atoms with Crippen molar-refractivity contribution in [2.75, 3.05) is 24.4 Å². The van der Waals surface area contributed by atoms with E-state index in [9.17, 15) is 14.4 Å². The number of carbonyl (C=O) groups is 3. The molecule has 0 bridgehead atoms. The van der Waals surface area contributed by atoms with Gasteiger partial charge < -0.3 is 24.6 Å². The van der Waals surface area contributed by atoms with Crippen LogP contribution in [0.2, 0.25) is 5.02 Å². The monoisotopic (exact) mass is 556 g/mol. The normalized spacial score (nSPS) is 11.9. The van der Waals surface area contributed by atoms with Gasteiger partial charge in [0.1, 0.15) is 23.3 Å². The van der Waals surface area contributed by atoms with Crippen LogP contribution in [-0.2, 0) is 14.4 Å². The zero-order chi connectivity index (χ0) is 28.7. The minimum atomic E-state index is -1.17. The molecule has 2 N–H and O–H groups in total. The number of methoxy groups -OCH3 is 2. The minimum absolute atomic E-state index is 0.171. The summed E-state index contributed by atoms with van der Waals surface area (Å²) in [5, 5.41) is 9.60. The van der Waals surface area contributed by atoms with Crippen LogP contribution < -0.4 is 25.0 Å². The molecular formula is C28H33ClN4O6. The van der Waals surface area contributed by atoms with Crippen LogP contribution in [-0.4, -0.2) is 42.6 Å². The number of aromatic nitrogens is 1. The van der Waals surface area contributed by atoms with Crippen LogP contribution in [0, 0.1) is 6.92 Å². The van der Waals surface area contributed by atoms with Crippen molar-refractivity contribution in [2.45, 2.75) is 52.1 Å². The van der Waals surface area contributed by atoms with Crippen LogP contribution >= 0.6 is 11.6 Å². The maximum atomic E-state index is 13.9. The fourth-order valence-corrected chi connectivity index (χ4v) is 4.14. The molecular weight excluding hydrogens is 524 g/mol. The highest BCUT2D eigenvalue weighted by molar-refractivity contribution is 6.31. The van der Waals surface area contributed by atoms with Gasteiger partial charge in [0.15, 0.2) is 5.82 Å². The maximum Gasteiger partial charge on any atom is 0.248 e. The van der Waals surface area contributed by atoms with Gasteiger partial charge in [0.25, 0.3) is 0 Å². The molecule has 2 aromatic carbocycles. The van der Waals surface area contributed by atoms with Gasteiger partial charge in [-0.2, -0.15) is 0 Å². The third kappa shape index (κ3) is 7.73. The Morgan fingerprint density at radius 3 is 2.36 bits per heavy atom. The molecule has 0 aliphatic heterocycles. The Hall–Kier alpha value is -4.05. The molecule has 0 saturated heterocycles. The summed E-state index contributed by atoms with van der Waals surface area (Å²) in [5.41, 5.74) is 0.115. The van der Waals surface area contributed by atoms with Gasteiger partial charge in [0.2, 0.25) is 17.7 Å². The summed E-state index contributed by atoms with van der Waals surface area (Å²) in [4.78, 5) is 41.6. The Labute approximate surface area is 232 Å². The van der Waals surface area contributed by atoms with Crippen LogP contribution in [0.5, 0.6) is 11.5 Å². The average Bonchev–Trinajstić information content (AvgIpc) is 3.29. The predicted molar refractivity (Wildman–Crippen MR) is 148 cm³/mol. The molecule has 0 spiro atoms. The molecule has 3 aromatic rings. The summed E-state index contributed by atoms with van der Waals surface area (Å²) >= 11 is 6.56. The van der Waals surface area contributed by atoms with E-state index in [0.29, 0.717) is 33.5 Å². The molecule has 11 heteroatoms. The van der Waals surface area contributed by atoms with Crippen molar-refractivity contribution >= 4 is 40.8 Å². The average molecular weight is 557 g/mol. The number of ether oxygens (including phenoxy) is 2. The Balaban J connectivity index is 2.06. The van der Waals surface area contributed by atoms with Crippen molar-refractivity contribution in [3.8, 4) is 11.5 Å². The molecule has 1 atom stereocenters. The maximum absolute atomic E-state index is 13.9. The zero-order valence-corrected chi connectivity index (χ0v) is 23.6. The van der Waals surface area contributed by atoms with Gasteiger partial charge in [-0.1, -0.05) is 35.0 Å².